The van der Waals surface area contributed by atoms with Gasteiger partial charge in [-0.2, -0.15) is 4.99 Å². The third-order valence-electron chi connectivity index (χ3n) is 4.09. The predicted molar refractivity (Wildman–Crippen MR) is 102 cm³/mol. The molecule has 2 heterocycles. The lowest BCUT2D eigenvalue weighted by Gasteiger charge is -2.19. The highest BCUT2D eigenvalue weighted by Gasteiger charge is 2.27. The number of carboxylic acids is 1. The number of ether oxygens (including phenoxy) is 2. The Morgan fingerprint density at radius 2 is 2.00 bits per heavy atom. The van der Waals surface area contributed by atoms with Crippen LogP contribution in [-0.4, -0.2) is 36.0 Å². The van der Waals surface area contributed by atoms with Crippen molar-refractivity contribution < 1.29 is 24.2 Å². The fourth-order valence-electron chi connectivity index (χ4n) is 2.75. The Balaban J connectivity index is 1.58. The number of thioether (sulfide) groups is 1. The van der Waals surface area contributed by atoms with E-state index >= 15 is 0 Å². The number of anilines is 1. The molecule has 7 nitrogen and oxygen atoms in total. The second kappa shape index (κ2) is 6.81. The number of nitrogens with zero attached hydrogens (tertiary/aromatic N) is 2. The van der Waals surface area contributed by atoms with Gasteiger partial charge in [0.15, 0.2) is 16.7 Å². The highest BCUT2D eigenvalue weighted by Crippen LogP contribution is 2.36. The average molecular weight is 382 g/mol. The van der Waals surface area contributed by atoms with Crippen LogP contribution in [-0.2, 0) is 4.79 Å². The quantitative estimate of drug-likeness (QED) is 0.816. The minimum Gasteiger partial charge on any atom is -0.478 e. The fourth-order valence-corrected chi connectivity index (χ4v) is 3.63. The van der Waals surface area contributed by atoms with Crippen molar-refractivity contribution in [3.63, 3.8) is 0 Å². The monoisotopic (exact) mass is 382 g/mol. The first-order valence-corrected chi connectivity index (χ1v) is 8.83. The van der Waals surface area contributed by atoms with Gasteiger partial charge in [0.05, 0.1) is 16.2 Å². The van der Waals surface area contributed by atoms with E-state index in [1.807, 2.05) is 6.07 Å². The molecule has 0 saturated heterocycles. The predicted octanol–water partition coefficient (Wildman–Crippen LogP) is 3.22. The van der Waals surface area contributed by atoms with Crippen molar-refractivity contribution in [1.29, 1.82) is 0 Å². The third-order valence-corrected chi connectivity index (χ3v) is 5.15. The zero-order valence-electron chi connectivity index (χ0n) is 14.2. The maximum atomic E-state index is 12.3. The van der Waals surface area contributed by atoms with Gasteiger partial charge in [-0.15, -0.1) is 0 Å². The van der Waals surface area contributed by atoms with E-state index in [-0.39, 0.29) is 18.3 Å². The van der Waals surface area contributed by atoms with Crippen molar-refractivity contribution in [2.24, 2.45) is 4.99 Å². The fraction of sp³-hybridized carbons (Fsp3) is 0.105. The Kier molecular flexibility index (Phi) is 4.33. The van der Waals surface area contributed by atoms with Crippen LogP contribution in [0.25, 0.3) is 6.08 Å². The van der Waals surface area contributed by atoms with Crippen molar-refractivity contribution in [2.45, 2.75) is 0 Å². The lowest BCUT2D eigenvalue weighted by atomic mass is 10.1. The lowest BCUT2D eigenvalue weighted by molar-refractivity contribution is -0.113. The van der Waals surface area contributed by atoms with Gasteiger partial charge < -0.3 is 19.5 Å². The summed E-state index contributed by atoms with van der Waals surface area (Å²) in [6.07, 6.45) is 1.72. The molecule has 0 radical (unpaired) electrons. The minimum atomic E-state index is -1.04. The number of amides is 1. The van der Waals surface area contributed by atoms with Crippen molar-refractivity contribution >= 4 is 40.6 Å². The maximum absolute atomic E-state index is 12.3. The Bertz CT molecular complexity index is 1010. The van der Waals surface area contributed by atoms with E-state index in [1.54, 1.807) is 48.4 Å². The summed E-state index contributed by atoms with van der Waals surface area (Å²) in [7, 11) is 1.68. The lowest BCUT2D eigenvalue weighted by Crippen LogP contribution is -2.24. The highest BCUT2D eigenvalue weighted by atomic mass is 32.2. The average Bonchev–Trinajstić information content (AvgIpc) is 3.27. The van der Waals surface area contributed by atoms with Crippen molar-refractivity contribution in [3.05, 3.63) is 58.5 Å². The molecular weight excluding hydrogens is 368 g/mol. The van der Waals surface area contributed by atoms with Crippen LogP contribution in [0.4, 0.5) is 5.69 Å². The molecule has 2 aliphatic heterocycles. The number of fused-ring (bicyclic) bond motifs is 1. The molecular formula is C19H14N2O5S. The Morgan fingerprint density at radius 3 is 2.81 bits per heavy atom. The molecule has 0 spiro atoms. The molecule has 2 aliphatic rings. The minimum absolute atomic E-state index is 0.143. The van der Waals surface area contributed by atoms with Gasteiger partial charge in [0.2, 0.25) is 6.79 Å². The number of amidine groups is 1. The van der Waals surface area contributed by atoms with E-state index < -0.39 is 5.97 Å². The molecule has 2 aromatic rings. The van der Waals surface area contributed by atoms with Gasteiger partial charge in [0, 0.05) is 7.05 Å². The summed E-state index contributed by atoms with van der Waals surface area (Å²) in [5.74, 6) is -0.103. The molecule has 4 rings (SSSR count). The molecule has 0 unspecified atom stereocenters. The molecule has 136 valence electrons. The van der Waals surface area contributed by atoms with Gasteiger partial charge in [-0.1, -0.05) is 18.2 Å². The third kappa shape index (κ3) is 3.26. The molecule has 0 atom stereocenters. The second-order valence-corrected chi connectivity index (χ2v) is 6.81. The van der Waals surface area contributed by atoms with Crippen LogP contribution in [0.2, 0.25) is 0 Å². The molecule has 0 fully saturated rings. The van der Waals surface area contributed by atoms with Gasteiger partial charge in [-0.25, -0.2) is 4.79 Å². The normalized spacial score (nSPS) is 16.6. The number of rotatable bonds is 3. The number of carbonyl (C=O) groups is 2. The molecule has 0 aromatic heterocycles. The summed E-state index contributed by atoms with van der Waals surface area (Å²) in [5, 5.41) is 9.78. The van der Waals surface area contributed by atoms with Crippen molar-refractivity contribution in [2.75, 3.05) is 18.7 Å². The number of aliphatic imine (C=N–C) groups is 1. The summed E-state index contributed by atoms with van der Waals surface area (Å²) in [6, 6.07) is 12.0. The van der Waals surface area contributed by atoms with Crippen LogP contribution in [0.15, 0.2) is 52.4 Å². The van der Waals surface area contributed by atoms with Crippen LogP contribution < -0.4 is 14.4 Å². The van der Waals surface area contributed by atoms with E-state index in [0.717, 1.165) is 5.56 Å². The summed E-state index contributed by atoms with van der Waals surface area (Å²) >= 11 is 1.19. The smallest absolute Gasteiger partial charge is 0.337 e. The number of carbonyl (C=O) groups excluding carboxylic acids is 1. The first kappa shape index (κ1) is 17.2. The molecule has 8 heteroatoms. The molecule has 27 heavy (non-hydrogen) atoms. The van der Waals surface area contributed by atoms with E-state index in [2.05, 4.69) is 4.99 Å². The van der Waals surface area contributed by atoms with Gasteiger partial charge in [0.25, 0.3) is 5.91 Å². The SMILES string of the molecule is CN(C1=NC(=O)/C(=C/c2ccc3c(c2)OCO3)S1)c1ccccc1C(=O)O. The number of para-hydroxylation sites is 1. The van der Waals surface area contributed by atoms with Crippen LogP contribution in [0, 0.1) is 0 Å². The van der Waals surface area contributed by atoms with Crippen LogP contribution in [0.3, 0.4) is 0 Å². The molecule has 0 saturated carbocycles. The maximum Gasteiger partial charge on any atom is 0.337 e. The Morgan fingerprint density at radius 1 is 1.22 bits per heavy atom. The summed E-state index contributed by atoms with van der Waals surface area (Å²) in [5.41, 5.74) is 1.40. The van der Waals surface area contributed by atoms with Gasteiger partial charge in [-0.05, 0) is 47.7 Å². The van der Waals surface area contributed by atoms with E-state index in [4.69, 9.17) is 9.47 Å². The first-order chi connectivity index (χ1) is 13.0. The van der Waals surface area contributed by atoms with Crippen LogP contribution >= 0.6 is 11.8 Å². The standard InChI is InChI=1S/C19H14N2O5S/c1-21(13-5-3-2-4-12(13)18(23)24)19-20-17(22)16(27-19)9-11-6-7-14-15(8-11)26-10-25-14/h2-9H,10H2,1H3,(H,23,24)/b16-9-. The highest BCUT2D eigenvalue weighted by molar-refractivity contribution is 8.18. The molecule has 0 aliphatic carbocycles. The van der Waals surface area contributed by atoms with Crippen LogP contribution in [0.1, 0.15) is 15.9 Å². The number of aromatic carboxylic acids is 1. The van der Waals surface area contributed by atoms with E-state index in [0.29, 0.717) is 27.3 Å². The van der Waals surface area contributed by atoms with Gasteiger partial charge >= 0.3 is 5.97 Å². The van der Waals surface area contributed by atoms with E-state index in [1.165, 1.54) is 17.8 Å². The van der Waals surface area contributed by atoms with E-state index in [9.17, 15) is 14.7 Å². The largest absolute Gasteiger partial charge is 0.478 e. The molecule has 2 aromatic carbocycles. The molecule has 1 amide bonds. The number of benzene rings is 2. The zero-order chi connectivity index (χ0) is 19.0. The number of carboxylic acid groups (broad SMARTS) is 1. The summed E-state index contributed by atoms with van der Waals surface area (Å²) < 4.78 is 10.6. The molecule has 1 N–H and O–H groups in total. The van der Waals surface area contributed by atoms with Gasteiger partial charge in [0.1, 0.15) is 0 Å². The van der Waals surface area contributed by atoms with Gasteiger partial charge in [-0.3, -0.25) is 4.79 Å². The molecule has 0 bridgehead atoms. The number of hydrogen-bond donors (Lipinski definition) is 1. The Hall–Kier alpha value is -3.26. The first-order valence-electron chi connectivity index (χ1n) is 8.01. The van der Waals surface area contributed by atoms with Crippen LogP contribution in [0.5, 0.6) is 11.5 Å². The summed E-state index contributed by atoms with van der Waals surface area (Å²) in [4.78, 5) is 29.8. The van der Waals surface area contributed by atoms with Crippen molar-refractivity contribution in [1.82, 2.24) is 0 Å². The topological polar surface area (TPSA) is 88.4 Å². The zero-order valence-corrected chi connectivity index (χ0v) is 15.0. The number of hydrogen-bond acceptors (Lipinski definition) is 6. The second-order valence-electron chi connectivity index (χ2n) is 5.80. The van der Waals surface area contributed by atoms with Crippen molar-refractivity contribution in [3.8, 4) is 11.5 Å². The summed E-state index contributed by atoms with van der Waals surface area (Å²) in [6.45, 7) is 0.185. The Labute approximate surface area is 158 Å².